The minimum atomic E-state index is -0.687. The van der Waals surface area contributed by atoms with Gasteiger partial charge in [-0.25, -0.2) is 4.79 Å². The fourth-order valence-corrected chi connectivity index (χ4v) is 4.52. The fraction of sp³-hybridized carbons (Fsp3) is 0.444. The molecular weight excluding hydrogens is 448 g/mol. The first-order chi connectivity index (χ1) is 17.0. The molecule has 1 heterocycles. The highest BCUT2D eigenvalue weighted by Gasteiger charge is 2.26. The highest BCUT2D eigenvalue weighted by molar-refractivity contribution is 6.05. The van der Waals surface area contributed by atoms with E-state index in [1.165, 1.54) is 6.42 Å². The van der Waals surface area contributed by atoms with Crippen molar-refractivity contribution in [3.05, 3.63) is 59.2 Å². The summed E-state index contributed by atoms with van der Waals surface area (Å²) in [5, 5.41) is 2.75. The lowest BCUT2D eigenvalue weighted by Crippen LogP contribution is -2.39. The Morgan fingerprint density at radius 1 is 0.971 bits per heavy atom. The van der Waals surface area contributed by atoms with Crippen LogP contribution in [0, 0.1) is 0 Å². The van der Waals surface area contributed by atoms with Crippen molar-refractivity contribution in [2.75, 3.05) is 33.4 Å². The molecule has 2 aromatic carbocycles. The third kappa shape index (κ3) is 6.32. The molecule has 0 saturated heterocycles. The van der Waals surface area contributed by atoms with Crippen LogP contribution in [0.25, 0.3) is 0 Å². The molecule has 0 bridgehead atoms. The van der Waals surface area contributed by atoms with Crippen LogP contribution in [0.2, 0.25) is 0 Å². The van der Waals surface area contributed by atoms with Gasteiger partial charge in [0.15, 0.2) is 18.1 Å². The Balaban J connectivity index is 1.26. The van der Waals surface area contributed by atoms with Gasteiger partial charge < -0.3 is 24.4 Å². The van der Waals surface area contributed by atoms with Crippen LogP contribution >= 0.6 is 0 Å². The van der Waals surface area contributed by atoms with Gasteiger partial charge >= 0.3 is 5.97 Å². The summed E-state index contributed by atoms with van der Waals surface area (Å²) in [6.07, 6.45) is 5.95. The van der Waals surface area contributed by atoms with Gasteiger partial charge in [-0.15, -0.1) is 0 Å². The molecule has 1 saturated carbocycles. The number of benzene rings is 2. The van der Waals surface area contributed by atoms with Crippen LogP contribution in [0.4, 0.5) is 0 Å². The first-order valence-electron chi connectivity index (χ1n) is 12.2. The van der Waals surface area contributed by atoms with E-state index in [2.05, 4.69) is 5.32 Å². The Morgan fingerprint density at radius 2 is 1.69 bits per heavy atom. The van der Waals surface area contributed by atoms with Crippen LogP contribution in [-0.4, -0.2) is 62.1 Å². The zero-order valence-corrected chi connectivity index (χ0v) is 20.1. The first kappa shape index (κ1) is 24.6. The summed E-state index contributed by atoms with van der Waals surface area (Å²) in [7, 11) is 1.79. The molecule has 2 aromatic rings. The van der Waals surface area contributed by atoms with Gasteiger partial charge in [0.25, 0.3) is 11.8 Å². The number of amides is 2. The highest BCUT2D eigenvalue weighted by Crippen LogP contribution is 2.30. The molecule has 1 aliphatic heterocycles. The van der Waals surface area contributed by atoms with Gasteiger partial charge in [-0.1, -0.05) is 37.5 Å². The molecule has 0 radical (unpaired) electrons. The predicted molar refractivity (Wildman–Crippen MR) is 130 cm³/mol. The maximum atomic E-state index is 13.1. The average Bonchev–Trinajstić information content (AvgIpc) is 2.91. The van der Waals surface area contributed by atoms with Crippen molar-refractivity contribution in [1.82, 2.24) is 10.2 Å². The van der Waals surface area contributed by atoms with Gasteiger partial charge in [0.1, 0.15) is 13.2 Å². The Hall–Kier alpha value is -3.55. The minimum absolute atomic E-state index is 0.171. The molecular formula is C27H32N2O6. The number of nitrogens with one attached hydrogen (secondary N) is 1. The molecule has 2 amide bonds. The summed E-state index contributed by atoms with van der Waals surface area (Å²) >= 11 is 0. The topological polar surface area (TPSA) is 94.2 Å². The maximum Gasteiger partial charge on any atom is 0.339 e. The van der Waals surface area contributed by atoms with Crippen LogP contribution in [0.3, 0.4) is 0 Å². The van der Waals surface area contributed by atoms with Crippen molar-refractivity contribution in [1.29, 1.82) is 0 Å². The number of rotatable bonds is 8. The van der Waals surface area contributed by atoms with E-state index in [0.717, 1.165) is 37.0 Å². The van der Waals surface area contributed by atoms with Gasteiger partial charge in [-0.2, -0.15) is 0 Å². The highest BCUT2D eigenvalue weighted by atomic mass is 16.6. The molecule has 0 spiro atoms. The number of hydrogen-bond acceptors (Lipinski definition) is 6. The van der Waals surface area contributed by atoms with Crippen LogP contribution in [0.15, 0.2) is 42.5 Å². The molecule has 186 valence electrons. The summed E-state index contributed by atoms with van der Waals surface area (Å²) in [6.45, 7) is 1.03. The molecule has 35 heavy (non-hydrogen) atoms. The van der Waals surface area contributed by atoms with E-state index >= 15 is 0 Å². The molecule has 8 heteroatoms. The summed E-state index contributed by atoms with van der Waals surface area (Å²) in [4.78, 5) is 39.8. The van der Waals surface area contributed by atoms with Gasteiger partial charge in [0.2, 0.25) is 0 Å². The molecule has 2 aliphatic rings. The largest absolute Gasteiger partial charge is 0.486 e. The standard InChI is InChI=1S/C27H32N2O6/c1-29(20-7-3-2-4-8-20)26(31)21-9-5-6-10-22(21)27(32)35-18-25(30)28-14-13-19-11-12-23-24(17-19)34-16-15-33-23/h5-6,9-12,17,20H,2-4,7-8,13-16,18H2,1H3,(H,28,30). The third-order valence-corrected chi connectivity index (χ3v) is 6.50. The molecule has 8 nitrogen and oxygen atoms in total. The second-order valence-electron chi connectivity index (χ2n) is 8.91. The minimum Gasteiger partial charge on any atom is -0.486 e. The monoisotopic (exact) mass is 480 g/mol. The van der Waals surface area contributed by atoms with E-state index in [-0.39, 0.29) is 17.5 Å². The quantitative estimate of drug-likeness (QED) is 0.582. The Morgan fingerprint density at radius 3 is 2.46 bits per heavy atom. The Labute approximate surface area is 205 Å². The molecule has 1 fully saturated rings. The normalized spacial score (nSPS) is 15.2. The van der Waals surface area contributed by atoms with E-state index in [4.69, 9.17) is 14.2 Å². The van der Waals surface area contributed by atoms with Crippen molar-refractivity contribution in [2.45, 2.75) is 44.6 Å². The fourth-order valence-electron chi connectivity index (χ4n) is 4.52. The first-order valence-corrected chi connectivity index (χ1v) is 12.2. The number of ether oxygens (including phenoxy) is 3. The zero-order chi connectivity index (χ0) is 24.6. The van der Waals surface area contributed by atoms with Crippen LogP contribution in [0.5, 0.6) is 11.5 Å². The van der Waals surface area contributed by atoms with Gasteiger partial charge in [0.05, 0.1) is 11.1 Å². The SMILES string of the molecule is CN(C(=O)c1ccccc1C(=O)OCC(=O)NCCc1ccc2c(c1)OCCO2)C1CCCCC1. The van der Waals surface area contributed by atoms with Crippen molar-refractivity contribution in [2.24, 2.45) is 0 Å². The molecule has 0 atom stereocenters. The predicted octanol–water partition coefficient (Wildman–Crippen LogP) is 3.38. The summed E-state index contributed by atoms with van der Waals surface area (Å²) in [5.74, 6) is 0.135. The molecule has 4 rings (SSSR count). The molecule has 1 aliphatic carbocycles. The number of fused-ring (bicyclic) bond motifs is 1. The van der Waals surface area contributed by atoms with E-state index in [9.17, 15) is 14.4 Å². The maximum absolute atomic E-state index is 13.1. The number of carbonyl (C=O) groups excluding carboxylic acids is 3. The van der Waals surface area contributed by atoms with Crippen LogP contribution in [-0.2, 0) is 16.0 Å². The number of nitrogens with zero attached hydrogens (tertiary/aromatic N) is 1. The Kier molecular flexibility index (Phi) is 8.23. The zero-order valence-electron chi connectivity index (χ0n) is 20.1. The van der Waals surface area contributed by atoms with Gasteiger partial charge in [-0.3, -0.25) is 9.59 Å². The van der Waals surface area contributed by atoms with E-state index < -0.39 is 18.5 Å². The average molecular weight is 481 g/mol. The lowest BCUT2D eigenvalue weighted by molar-refractivity contribution is -0.124. The summed E-state index contributed by atoms with van der Waals surface area (Å²) < 4.78 is 16.3. The van der Waals surface area contributed by atoms with E-state index in [1.54, 1.807) is 36.2 Å². The molecule has 0 aromatic heterocycles. The van der Waals surface area contributed by atoms with Gasteiger partial charge in [-0.05, 0) is 49.1 Å². The second kappa shape index (κ2) is 11.7. The summed E-state index contributed by atoms with van der Waals surface area (Å²) in [6, 6.07) is 12.5. The van der Waals surface area contributed by atoms with Crippen molar-refractivity contribution >= 4 is 17.8 Å². The third-order valence-electron chi connectivity index (χ3n) is 6.50. The van der Waals surface area contributed by atoms with Crippen molar-refractivity contribution in [3.8, 4) is 11.5 Å². The number of esters is 1. The second-order valence-corrected chi connectivity index (χ2v) is 8.91. The lowest BCUT2D eigenvalue weighted by atomic mass is 9.94. The molecule has 1 N–H and O–H groups in total. The van der Waals surface area contributed by atoms with E-state index in [1.807, 2.05) is 18.2 Å². The van der Waals surface area contributed by atoms with Crippen LogP contribution in [0.1, 0.15) is 58.4 Å². The van der Waals surface area contributed by atoms with Crippen LogP contribution < -0.4 is 14.8 Å². The molecule has 0 unspecified atom stereocenters. The lowest BCUT2D eigenvalue weighted by Gasteiger charge is -2.31. The number of carbonyl (C=O) groups is 3. The summed E-state index contributed by atoms with van der Waals surface area (Å²) in [5.41, 5.74) is 1.47. The smallest absolute Gasteiger partial charge is 0.339 e. The van der Waals surface area contributed by atoms with Crippen molar-refractivity contribution < 1.29 is 28.6 Å². The van der Waals surface area contributed by atoms with E-state index in [0.29, 0.717) is 37.5 Å². The Bertz CT molecular complexity index is 1060. The van der Waals surface area contributed by atoms with Gasteiger partial charge in [0, 0.05) is 19.6 Å². The number of hydrogen-bond donors (Lipinski definition) is 1. The van der Waals surface area contributed by atoms with Crippen molar-refractivity contribution in [3.63, 3.8) is 0 Å².